The predicted molar refractivity (Wildman–Crippen MR) is 183 cm³/mol. The Morgan fingerprint density at radius 2 is 1.44 bits per heavy atom. The zero-order valence-corrected chi connectivity index (χ0v) is 25.2. The fourth-order valence-electron chi connectivity index (χ4n) is 8.89. The van der Waals surface area contributed by atoms with Crippen LogP contribution in [0, 0.1) is 12.1 Å². The van der Waals surface area contributed by atoms with Gasteiger partial charge in [0.05, 0.1) is 11.2 Å². The minimum Gasteiger partial charge on any atom is -0.335 e. The van der Waals surface area contributed by atoms with Gasteiger partial charge in [-0.15, -0.1) is 0 Å². The van der Waals surface area contributed by atoms with Crippen LogP contribution in [0.5, 0.6) is 0 Å². The second-order valence-electron chi connectivity index (χ2n) is 12.9. The molecule has 2 nitrogen and oxygen atoms in total. The van der Waals surface area contributed by atoms with Gasteiger partial charge < -0.3 is 9.80 Å². The summed E-state index contributed by atoms with van der Waals surface area (Å²) < 4.78 is 0. The smallest absolute Gasteiger partial charge is 0.252 e. The van der Waals surface area contributed by atoms with E-state index in [0.717, 1.165) is 18.2 Å². The summed E-state index contributed by atoms with van der Waals surface area (Å²) in [5.41, 5.74) is 12.3. The summed E-state index contributed by atoms with van der Waals surface area (Å²) in [6, 6.07) is 45.1. The monoisotopic (exact) mass is 552 g/mol. The minimum absolute atomic E-state index is 0.0389. The van der Waals surface area contributed by atoms with Crippen molar-refractivity contribution in [3.05, 3.63) is 121 Å². The van der Waals surface area contributed by atoms with Gasteiger partial charge in [-0.1, -0.05) is 99.6 Å². The van der Waals surface area contributed by atoms with Crippen LogP contribution in [0.3, 0.4) is 0 Å². The molecule has 206 valence electrons. The molecule has 3 heterocycles. The van der Waals surface area contributed by atoms with Gasteiger partial charge in [0.25, 0.3) is 6.71 Å². The number of anilines is 5. The van der Waals surface area contributed by atoms with E-state index >= 15 is 0 Å². The van der Waals surface area contributed by atoms with Crippen LogP contribution < -0.4 is 26.2 Å². The molecular weight excluding hydrogens is 519 g/mol. The Bertz CT molecular complexity index is 2130. The molecule has 6 aromatic rings. The molecular formula is C40H33BN2. The van der Waals surface area contributed by atoms with Gasteiger partial charge in [-0.3, -0.25) is 0 Å². The molecule has 43 heavy (non-hydrogen) atoms. The summed E-state index contributed by atoms with van der Waals surface area (Å²) in [5, 5.41) is 4.82. The van der Waals surface area contributed by atoms with Crippen LogP contribution in [-0.4, -0.2) is 12.3 Å². The molecule has 0 aromatic heterocycles. The average molecular weight is 553 g/mol. The summed E-state index contributed by atoms with van der Waals surface area (Å²) in [5.74, 6) is 0. The predicted octanol–water partition coefficient (Wildman–Crippen LogP) is 8.19. The largest absolute Gasteiger partial charge is 0.335 e. The molecule has 0 N–H and O–H groups in total. The molecule has 0 saturated heterocycles. The van der Waals surface area contributed by atoms with Gasteiger partial charge in [-0.2, -0.15) is 0 Å². The highest BCUT2D eigenvalue weighted by Crippen LogP contribution is 2.59. The van der Waals surface area contributed by atoms with Crippen LogP contribution in [0.15, 0.2) is 103 Å². The van der Waals surface area contributed by atoms with E-state index < -0.39 is 0 Å². The van der Waals surface area contributed by atoms with Crippen molar-refractivity contribution in [2.75, 3.05) is 9.80 Å². The van der Waals surface area contributed by atoms with Crippen LogP contribution in [-0.2, 0) is 5.41 Å². The van der Waals surface area contributed by atoms with Gasteiger partial charge in [-0.25, -0.2) is 0 Å². The number of para-hydroxylation sites is 1. The Kier molecular flexibility index (Phi) is 4.89. The fourth-order valence-corrected chi connectivity index (χ4v) is 8.89. The van der Waals surface area contributed by atoms with Crippen LogP contribution in [0.1, 0.15) is 46.1 Å². The zero-order chi connectivity index (χ0) is 29.1. The van der Waals surface area contributed by atoms with Crippen molar-refractivity contribution in [3.63, 3.8) is 0 Å². The standard InChI is InChI=1S/C40H33BN2/c1-5-39(3)30-19-12-20-31-38(30)43(40(39,4)6-2)35-23-13-22-34-36(35)41(31)32-25-24-27-15-8-10-18-29(27)37(32)42(34)33-21-11-16-26-14-7-9-17-28(26)33/h8-13,15-25H,5-6H2,1-4H3. The highest BCUT2D eigenvalue weighted by atomic mass is 15.3. The van der Waals surface area contributed by atoms with Crippen molar-refractivity contribution in [1.82, 2.24) is 0 Å². The minimum atomic E-state index is -0.0426. The third kappa shape index (κ3) is 2.87. The van der Waals surface area contributed by atoms with Crippen molar-refractivity contribution < 1.29 is 0 Å². The first-order valence-corrected chi connectivity index (χ1v) is 15.7. The number of hydrogen-bond acceptors (Lipinski definition) is 2. The molecule has 3 aliphatic rings. The lowest BCUT2D eigenvalue weighted by atomic mass is 9.33. The van der Waals surface area contributed by atoms with Crippen molar-refractivity contribution in [1.29, 1.82) is 0 Å². The van der Waals surface area contributed by atoms with E-state index in [1.54, 1.807) is 0 Å². The Morgan fingerprint density at radius 1 is 0.674 bits per heavy atom. The maximum absolute atomic E-state index is 3.37. The van der Waals surface area contributed by atoms with Gasteiger partial charge in [0.2, 0.25) is 0 Å². The molecule has 0 radical (unpaired) electrons. The lowest BCUT2D eigenvalue weighted by molar-refractivity contribution is 0.261. The van der Waals surface area contributed by atoms with Gasteiger partial charge in [0, 0.05) is 44.3 Å². The van der Waals surface area contributed by atoms with Crippen molar-refractivity contribution in [2.24, 2.45) is 0 Å². The topological polar surface area (TPSA) is 6.48 Å². The average Bonchev–Trinajstić information content (AvgIpc) is 3.27. The van der Waals surface area contributed by atoms with E-state index in [2.05, 4.69) is 147 Å². The summed E-state index contributed by atoms with van der Waals surface area (Å²) >= 11 is 0. The molecule has 0 bridgehead atoms. The maximum Gasteiger partial charge on any atom is 0.252 e. The molecule has 0 amide bonds. The first kappa shape index (κ1) is 24.9. The molecule has 0 spiro atoms. The summed E-state index contributed by atoms with van der Waals surface area (Å²) in [7, 11) is 0. The summed E-state index contributed by atoms with van der Waals surface area (Å²) in [6.07, 6.45) is 2.17. The van der Waals surface area contributed by atoms with Gasteiger partial charge >= 0.3 is 0 Å². The number of hydrogen-bond donors (Lipinski definition) is 0. The fraction of sp³-hybridized carbons (Fsp3) is 0.200. The lowest BCUT2D eigenvalue weighted by Gasteiger charge is -2.50. The maximum atomic E-state index is 3.37. The van der Waals surface area contributed by atoms with Gasteiger partial charge in [-0.05, 0) is 83.5 Å². The molecule has 2 unspecified atom stereocenters. The van der Waals surface area contributed by atoms with E-state index in [1.165, 1.54) is 66.5 Å². The zero-order valence-electron chi connectivity index (χ0n) is 25.2. The number of fused-ring (bicyclic) bond motifs is 7. The Morgan fingerprint density at radius 3 is 2.30 bits per heavy atom. The molecule has 9 rings (SSSR count). The van der Waals surface area contributed by atoms with E-state index in [0.29, 0.717) is 0 Å². The Balaban J connectivity index is 1.45. The van der Waals surface area contributed by atoms with Gasteiger partial charge in [0.1, 0.15) is 0 Å². The normalized spacial score (nSPS) is 21.1. The van der Waals surface area contributed by atoms with E-state index in [9.17, 15) is 0 Å². The number of benzene rings is 5. The van der Waals surface area contributed by atoms with Crippen LogP contribution in [0.4, 0.5) is 28.4 Å². The molecule has 0 saturated carbocycles. The van der Waals surface area contributed by atoms with E-state index in [-0.39, 0.29) is 17.7 Å². The van der Waals surface area contributed by atoms with Crippen molar-refractivity contribution in [2.45, 2.75) is 51.5 Å². The summed E-state index contributed by atoms with van der Waals surface area (Å²) in [6.45, 7) is 9.90. The molecule has 3 aliphatic heterocycles. The highest BCUT2D eigenvalue weighted by molar-refractivity contribution is 7.00. The van der Waals surface area contributed by atoms with Gasteiger partial charge in [0.15, 0.2) is 0 Å². The second kappa shape index (κ2) is 8.45. The van der Waals surface area contributed by atoms with Crippen LogP contribution in [0.2, 0.25) is 0 Å². The number of nitrogens with zero attached hydrogens (tertiary/aromatic N) is 2. The van der Waals surface area contributed by atoms with Crippen LogP contribution >= 0.6 is 0 Å². The quantitative estimate of drug-likeness (QED) is 0.204. The molecule has 2 atom stereocenters. The highest BCUT2D eigenvalue weighted by Gasteiger charge is 2.59. The van der Waals surface area contributed by atoms with Crippen molar-refractivity contribution >= 4 is 73.1 Å². The van der Waals surface area contributed by atoms with Crippen molar-refractivity contribution in [3.8, 4) is 0 Å². The number of rotatable bonds is 3. The summed E-state index contributed by atoms with van der Waals surface area (Å²) in [4.78, 5) is 5.29. The second-order valence-corrected chi connectivity index (χ2v) is 12.9. The van der Waals surface area contributed by atoms with E-state index in [4.69, 9.17) is 0 Å². The SMILES string of the molecule is CCC1(C)c2cccc3c2N(c2cccc4c2B3c2ccc3ccccc3c2N4c2cccc3c#cccc23)C1(C)CC. The third-order valence-corrected chi connectivity index (χ3v) is 11.4. The molecule has 0 aliphatic carbocycles. The Labute approximate surface area is 254 Å². The van der Waals surface area contributed by atoms with E-state index in [1.807, 2.05) is 6.07 Å². The molecule has 6 aromatic carbocycles. The Hall–Kier alpha value is -4.68. The third-order valence-electron chi connectivity index (χ3n) is 11.4. The molecule has 0 fully saturated rings. The molecule has 3 heteroatoms. The van der Waals surface area contributed by atoms with Crippen LogP contribution in [0.25, 0.3) is 21.5 Å². The first-order chi connectivity index (χ1) is 21.0. The first-order valence-electron chi connectivity index (χ1n) is 15.7. The lowest BCUT2D eigenvalue weighted by Crippen LogP contribution is -2.64.